The van der Waals surface area contributed by atoms with E-state index in [9.17, 15) is 9.59 Å². The molecule has 20 heavy (non-hydrogen) atoms. The van der Waals surface area contributed by atoms with Crippen molar-refractivity contribution in [2.45, 2.75) is 13.5 Å². The number of carbonyl (C=O) groups is 2. The number of rotatable bonds is 5. The van der Waals surface area contributed by atoms with Crippen LogP contribution in [0.15, 0.2) is 42.7 Å². The van der Waals surface area contributed by atoms with Crippen LogP contribution in [0, 0.1) is 0 Å². The van der Waals surface area contributed by atoms with E-state index >= 15 is 0 Å². The van der Waals surface area contributed by atoms with Crippen molar-refractivity contribution in [3.63, 3.8) is 0 Å². The molecule has 5 nitrogen and oxygen atoms in total. The van der Waals surface area contributed by atoms with Crippen LogP contribution in [0.25, 0.3) is 6.08 Å². The van der Waals surface area contributed by atoms with Crippen LogP contribution < -0.4 is 0 Å². The topological polar surface area (TPSA) is 72.2 Å². The number of aromatic nitrogens is 2. The van der Waals surface area contributed by atoms with Gasteiger partial charge >= 0.3 is 5.97 Å². The molecule has 1 N–H and O–H groups in total. The maximum atomic E-state index is 11.9. The highest BCUT2D eigenvalue weighted by Crippen LogP contribution is 2.08. The molecule has 0 aliphatic carbocycles. The monoisotopic (exact) mass is 270 g/mol. The van der Waals surface area contributed by atoms with Gasteiger partial charge in [-0.1, -0.05) is 18.2 Å². The second-order valence-electron chi connectivity index (χ2n) is 4.21. The van der Waals surface area contributed by atoms with Crippen molar-refractivity contribution in [2.24, 2.45) is 0 Å². The summed E-state index contributed by atoms with van der Waals surface area (Å²) < 4.78 is 1.68. The maximum Gasteiger partial charge on any atom is 0.335 e. The fraction of sp³-hybridized carbons (Fsp3) is 0.133. The van der Waals surface area contributed by atoms with Gasteiger partial charge in [0.25, 0.3) is 0 Å². The van der Waals surface area contributed by atoms with Crippen LogP contribution in [0.3, 0.4) is 0 Å². The molecule has 102 valence electrons. The predicted molar refractivity (Wildman–Crippen MR) is 74.7 cm³/mol. The molecule has 0 amide bonds. The lowest BCUT2D eigenvalue weighted by Crippen LogP contribution is -1.95. The summed E-state index contributed by atoms with van der Waals surface area (Å²) >= 11 is 0. The van der Waals surface area contributed by atoms with Crippen molar-refractivity contribution in [3.8, 4) is 0 Å². The molecule has 0 aliphatic heterocycles. The van der Waals surface area contributed by atoms with Crippen molar-refractivity contribution in [2.75, 3.05) is 0 Å². The van der Waals surface area contributed by atoms with E-state index in [2.05, 4.69) is 5.10 Å². The molecule has 0 saturated carbocycles. The van der Waals surface area contributed by atoms with Crippen molar-refractivity contribution in [1.82, 2.24) is 9.78 Å². The van der Waals surface area contributed by atoms with Gasteiger partial charge in [-0.15, -0.1) is 0 Å². The molecule has 0 spiro atoms. The lowest BCUT2D eigenvalue weighted by Gasteiger charge is -1.95. The van der Waals surface area contributed by atoms with Crippen LogP contribution in [0.2, 0.25) is 0 Å². The van der Waals surface area contributed by atoms with Gasteiger partial charge in [0.05, 0.1) is 17.3 Å². The standard InChI is InChI=1S/C15H14N2O3/c1-2-17-10-13(9-16-17)14(18)8-5-11-3-6-12(7-4-11)15(19)20/h3-10H,2H2,1H3,(H,19,20). The third-order valence-corrected chi connectivity index (χ3v) is 2.83. The predicted octanol–water partition coefficient (Wildman–Crippen LogP) is 2.50. The molecule has 1 heterocycles. The number of allylic oxidation sites excluding steroid dienone is 1. The molecule has 1 aromatic carbocycles. The van der Waals surface area contributed by atoms with Crippen LogP contribution in [-0.4, -0.2) is 26.6 Å². The number of carboxylic acids is 1. The number of carbonyl (C=O) groups excluding carboxylic acids is 1. The number of hydrogen-bond acceptors (Lipinski definition) is 3. The highest BCUT2D eigenvalue weighted by Gasteiger charge is 2.05. The Bertz CT molecular complexity index is 654. The van der Waals surface area contributed by atoms with Crippen LogP contribution in [-0.2, 0) is 6.54 Å². The van der Waals surface area contributed by atoms with E-state index in [1.165, 1.54) is 24.4 Å². The zero-order valence-corrected chi connectivity index (χ0v) is 11.0. The van der Waals surface area contributed by atoms with Gasteiger partial charge in [0.1, 0.15) is 0 Å². The molecular weight excluding hydrogens is 256 g/mol. The second kappa shape index (κ2) is 5.97. The SMILES string of the molecule is CCn1cc(C(=O)C=Cc2ccc(C(=O)O)cc2)cn1. The number of benzene rings is 1. The van der Waals surface area contributed by atoms with Crippen molar-refractivity contribution >= 4 is 17.8 Å². The van der Waals surface area contributed by atoms with Crippen LogP contribution in [0.4, 0.5) is 0 Å². The Morgan fingerprint density at radius 1 is 1.25 bits per heavy atom. The fourth-order valence-corrected chi connectivity index (χ4v) is 1.67. The number of aryl methyl sites for hydroxylation is 1. The third-order valence-electron chi connectivity index (χ3n) is 2.83. The first-order valence-electron chi connectivity index (χ1n) is 6.18. The molecule has 0 fully saturated rings. The Hall–Kier alpha value is -2.69. The average Bonchev–Trinajstić information content (AvgIpc) is 2.94. The fourth-order valence-electron chi connectivity index (χ4n) is 1.67. The molecule has 1 aromatic heterocycles. The van der Waals surface area contributed by atoms with Gasteiger partial charge in [-0.25, -0.2) is 4.79 Å². The smallest absolute Gasteiger partial charge is 0.335 e. The minimum atomic E-state index is -0.969. The van der Waals surface area contributed by atoms with E-state index in [1.54, 1.807) is 29.1 Å². The molecule has 0 atom stereocenters. The molecule has 0 aliphatic rings. The lowest BCUT2D eigenvalue weighted by molar-refractivity contribution is 0.0696. The van der Waals surface area contributed by atoms with E-state index in [1.807, 2.05) is 6.92 Å². The Balaban J connectivity index is 2.08. The molecule has 5 heteroatoms. The normalized spacial score (nSPS) is 10.8. The molecule has 2 rings (SSSR count). The van der Waals surface area contributed by atoms with E-state index < -0.39 is 5.97 Å². The number of hydrogen-bond donors (Lipinski definition) is 1. The summed E-state index contributed by atoms with van der Waals surface area (Å²) in [6.07, 6.45) is 6.33. The van der Waals surface area contributed by atoms with E-state index in [-0.39, 0.29) is 11.3 Å². The third kappa shape index (κ3) is 3.20. The zero-order valence-electron chi connectivity index (χ0n) is 11.0. The van der Waals surface area contributed by atoms with Gasteiger partial charge in [-0.2, -0.15) is 5.10 Å². The quantitative estimate of drug-likeness (QED) is 0.669. The van der Waals surface area contributed by atoms with Gasteiger partial charge in [-0.05, 0) is 30.7 Å². The maximum absolute atomic E-state index is 11.9. The summed E-state index contributed by atoms with van der Waals surface area (Å²) in [6, 6.07) is 6.31. The van der Waals surface area contributed by atoms with Gasteiger partial charge < -0.3 is 5.11 Å². The molecule has 0 radical (unpaired) electrons. The molecular formula is C15H14N2O3. The summed E-state index contributed by atoms with van der Waals surface area (Å²) in [5.74, 6) is -1.10. The van der Waals surface area contributed by atoms with Crippen LogP contribution >= 0.6 is 0 Å². The first-order chi connectivity index (χ1) is 9.60. The zero-order chi connectivity index (χ0) is 14.5. The number of carboxylic acid groups (broad SMARTS) is 1. The summed E-state index contributed by atoms with van der Waals surface area (Å²) in [4.78, 5) is 22.6. The lowest BCUT2D eigenvalue weighted by atomic mass is 10.1. The Morgan fingerprint density at radius 3 is 2.50 bits per heavy atom. The first-order valence-corrected chi connectivity index (χ1v) is 6.18. The Morgan fingerprint density at radius 2 is 1.95 bits per heavy atom. The van der Waals surface area contributed by atoms with Crippen LogP contribution in [0.5, 0.6) is 0 Å². The van der Waals surface area contributed by atoms with Crippen molar-refractivity contribution in [3.05, 3.63) is 59.4 Å². The van der Waals surface area contributed by atoms with Crippen LogP contribution in [0.1, 0.15) is 33.2 Å². The van der Waals surface area contributed by atoms with Crippen molar-refractivity contribution < 1.29 is 14.7 Å². The second-order valence-corrected chi connectivity index (χ2v) is 4.21. The minimum Gasteiger partial charge on any atom is -0.478 e. The van der Waals surface area contributed by atoms with Gasteiger partial charge in [0.2, 0.25) is 0 Å². The summed E-state index contributed by atoms with van der Waals surface area (Å²) in [5, 5.41) is 12.8. The number of ketones is 1. The van der Waals surface area contributed by atoms with E-state index in [0.29, 0.717) is 12.1 Å². The molecule has 0 unspecified atom stereocenters. The highest BCUT2D eigenvalue weighted by molar-refractivity contribution is 6.06. The van der Waals surface area contributed by atoms with Gasteiger partial charge in [0.15, 0.2) is 5.78 Å². The number of nitrogens with zero attached hydrogens (tertiary/aromatic N) is 2. The van der Waals surface area contributed by atoms with Gasteiger partial charge in [0, 0.05) is 12.7 Å². The van der Waals surface area contributed by atoms with E-state index in [0.717, 1.165) is 5.56 Å². The highest BCUT2D eigenvalue weighted by atomic mass is 16.4. The summed E-state index contributed by atoms with van der Waals surface area (Å²) in [5.41, 5.74) is 1.52. The number of aromatic carboxylic acids is 1. The largest absolute Gasteiger partial charge is 0.478 e. The summed E-state index contributed by atoms with van der Waals surface area (Å²) in [7, 11) is 0. The average molecular weight is 270 g/mol. The van der Waals surface area contributed by atoms with Gasteiger partial charge in [-0.3, -0.25) is 9.48 Å². The van der Waals surface area contributed by atoms with Crippen molar-refractivity contribution in [1.29, 1.82) is 0 Å². The Labute approximate surface area is 116 Å². The first kappa shape index (κ1) is 13.7. The minimum absolute atomic E-state index is 0.132. The summed E-state index contributed by atoms with van der Waals surface area (Å²) in [6.45, 7) is 2.66. The molecule has 0 bridgehead atoms. The van der Waals surface area contributed by atoms with E-state index in [4.69, 9.17) is 5.11 Å². The molecule has 0 saturated heterocycles. The molecule has 2 aromatic rings. The Kier molecular flexibility index (Phi) is 4.10.